The molecular formula is C48H78O19. The number of aliphatic hydroxyl groups is 11. The van der Waals surface area contributed by atoms with Crippen LogP contribution in [0.2, 0.25) is 0 Å². The third-order valence-corrected chi connectivity index (χ3v) is 19.7. The van der Waals surface area contributed by atoms with Crippen LogP contribution < -0.4 is 0 Å². The number of fused-ring (bicyclic) bond motifs is 7. The van der Waals surface area contributed by atoms with Crippen molar-refractivity contribution in [1.82, 2.24) is 0 Å². The molecule has 12 N–H and O–H groups in total. The highest BCUT2D eigenvalue weighted by Crippen LogP contribution is 2.76. The van der Waals surface area contributed by atoms with E-state index in [1.165, 1.54) is 12.5 Å². The van der Waals surface area contributed by atoms with Crippen molar-refractivity contribution in [3.05, 3.63) is 11.6 Å². The summed E-state index contributed by atoms with van der Waals surface area (Å²) < 4.78 is 36.2. The fraction of sp³-hybridized carbons (Fsp3) is 0.938. The summed E-state index contributed by atoms with van der Waals surface area (Å²) in [5, 5.41) is 131. The average molecular weight is 959 g/mol. The highest BCUT2D eigenvalue weighted by Gasteiger charge is 2.70. The van der Waals surface area contributed by atoms with Gasteiger partial charge in [-0.2, -0.15) is 0 Å². The number of aliphatic hydroxyl groups excluding tert-OH is 11. The molecule has 0 aromatic carbocycles. The van der Waals surface area contributed by atoms with Gasteiger partial charge in [0.25, 0.3) is 0 Å². The monoisotopic (exact) mass is 959 g/mol. The van der Waals surface area contributed by atoms with Gasteiger partial charge in [-0.1, -0.05) is 60.1 Å². The minimum absolute atomic E-state index is 0.102. The molecule has 3 heterocycles. The molecule has 0 radical (unpaired) electrons. The van der Waals surface area contributed by atoms with E-state index >= 15 is 0 Å². The predicted molar refractivity (Wildman–Crippen MR) is 232 cm³/mol. The van der Waals surface area contributed by atoms with E-state index in [4.69, 9.17) is 28.4 Å². The molecule has 3 saturated heterocycles. The zero-order valence-corrected chi connectivity index (χ0v) is 40.0. The lowest BCUT2D eigenvalue weighted by atomic mass is 9.33. The van der Waals surface area contributed by atoms with Crippen LogP contribution >= 0.6 is 0 Å². The maximum Gasteiger partial charge on any atom is 0.335 e. The zero-order valence-electron chi connectivity index (χ0n) is 40.0. The van der Waals surface area contributed by atoms with Crippen LogP contribution in [-0.2, 0) is 33.2 Å². The molecule has 67 heavy (non-hydrogen) atoms. The summed E-state index contributed by atoms with van der Waals surface area (Å²) in [4.78, 5) is 12.5. The first-order valence-electron chi connectivity index (χ1n) is 24.4. The number of rotatable bonds is 9. The van der Waals surface area contributed by atoms with Crippen LogP contribution in [0.25, 0.3) is 0 Å². The highest BCUT2D eigenvalue weighted by molar-refractivity contribution is 5.73. The maximum absolute atomic E-state index is 12.5. The molecule has 19 nitrogen and oxygen atoms in total. The minimum atomic E-state index is -2.08. The number of ether oxygens (including phenoxy) is 6. The summed E-state index contributed by atoms with van der Waals surface area (Å²) >= 11 is 0. The maximum atomic E-state index is 12.5. The molecular weight excluding hydrogens is 881 g/mol. The molecule has 0 bridgehead atoms. The van der Waals surface area contributed by atoms with Gasteiger partial charge in [-0.25, -0.2) is 4.79 Å². The fourth-order valence-electron chi connectivity index (χ4n) is 15.1. The number of allylic oxidation sites excluding steroid dienone is 2. The number of carbonyl (C=O) groups is 1. The summed E-state index contributed by atoms with van der Waals surface area (Å²) in [7, 11) is 0. The van der Waals surface area contributed by atoms with Crippen molar-refractivity contribution in [3.8, 4) is 0 Å². The Kier molecular flexibility index (Phi) is 13.9. The first kappa shape index (κ1) is 51.9. The van der Waals surface area contributed by atoms with Gasteiger partial charge >= 0.3 is 5.97 Å². The predicted octanol–water partition coefficient (Wildman–Crippen LogP) is -0.325. The van der Waals surface area contributed by atoms with Crippen LogP contribution in [0.5, 0.6) is 0 Å². The first-order chi connectivity index (χ1) is 31.2. The van der Waals surface area contributed by atoms with E-state index in [-0.39, 0.29) is 40.6 Å². The number of carboxylic acids is 1. The normalized spacial score (nSPS) is 56.4. The van der Waals surface area contributed by atoms with Crippen LogP contribution in [0.4, 0.5) is 0 Å². The van der Waals surface area contributed by atoms with Gasteiger partial charge in [-0.15, -0.1) is 0 Å². The van der Waals surface area contributed by atoms with Crippen molar-refractivity contribution in [1.29, 1.82) is 0 Å². The van der Waals surface area contributed by atoms with Crippen molar-refractivity contribution in [3.63, 3.8) is 0 Å². The molecule has 0 unspecified atom stereocenters. The molecule has 4 saturated carbocycles. The van der Waals surface area contributed by atoms with E-state index in [0.29, 0.717) is 12.8 Å². The van der Waals surface area contributed by atoms with Gasteiger partial charge in [0.2, 0.25) is 0 Å². The lowest BCUT2D eigenvalue weighted by molar-refractivity contribution is -0.396. The van der Waals surface area contributed by atoms with E-state index in [1.54, 1.807) is 0 Å². The quantitative estimate of drug-likeness (QED) is 0.104. The summed E-state index contributed by atoms with van der Waals surface area (Å²) in [6, 6.07) is 0. The van der Waals surface area contributed by atoms with Crippen molar-refractivity contribution < 1.29 is 94.5 Å². The fourth-order valence-corrected chi connectivity index (χ4v) is 15.1. The highest BCUT2D eigenvalue weighted by atomic mass is 16.8. The molecule has 8 aliphatic rings. The molecule has 7 fully saturated rings. The van der Waals surface area contributed by atoms with Gasteiger partial charge in [0.1, 0.15) is 61.0 Å². The van der Waals surface area contributed by atoms with Gasteiger partial charge in [-0.3, -0.25) is 0 Å². The van der Waals surface area contributed by atoms with Crippen LogP contribution in [0.15, 0.2) is 11.6 Å². The van der Waals surface area contributed by atoms with Crippen LogP contribution in [0, 0.1) is 50.2 Å². The number of aliphatic carboxylic acids is 1. The van der Waals surface area contributed by atoms with Crippen molar-refractivity contribution in [2.75, 3.05) is 13.2 Å². The summed E-state index contributed by atoms with van der Waals surface area (Å²) in [6.45, 7) is 15.5. The lowest BCUT2D eigenvalue weighted by Crippen LogP contribution is -2.68. The van der Waals surface area contributed by atoms with E-state index in [1.807, 2.05) is 20.8 Å². The van der Waals surface area contributed by atoms with Gasteiger partial charge in [0.05, 0.1) is 37.6 Å². The Morgan fingerprint density at radius 1 is 0.657 bits per heavy atom. The second-order valence-electron chi connectivity index (χ2n) is 23.6. The molecule has 0 aromatic heterocycles. The molecule has 8 rings (SSSR count). The summed E-state index contributed by atoms with van der Waals surface area (Å²) in [5.74, 6) is -1.44. The number of hydrogen-bond acceptors (Lipinski definition) is 18. The Morgan fingerprint density at radius 3 is 1.91 bits per heavy atom. The Bertz CT molecular complexity index is 1850. The van der Waals surface area contributed by atoms with E-state index in [0.717, 1.165) is 38.5 Å². The van der Waals surface area contributed by atoms with Gasteiger partial charge in [-0.05, 0) is 97.7 Å². The molecule has 0 amide bonds. The Labute approximate surface area is 392 Å². The third kappa shape index (κ3) is 7.83. The van der Waals surface area contributed by atoms with Crippen LogP contribution in [-0.4, -0.2) is 191 Å². The minimum Gasteiger partial charge on any atom is -0.479 e. The van der Waals surface area contributed by atoms with Crippen molar-refractivity contribution >= 4 is 5.97 Å². The largest absolute Gasteiger partial charge is 0.479 e. The second kappa shape index (κ2) is 17.9. The molecule has 3 aliphatic heterocycles. The summed E-state index contributed by atoms with van der Waals surface area (Å²) in [5.41, 5.74) is -1.17. The first-order valence-corrected chi connectivity index (χ1v) is 24.4. The SMILES string of the molecule is C[C@@H]1O[C@@H](O[C@H]2[C@H](O[C@H]3[C@H](O[C@H]4CC[C@@]5(C)[C@@H](CC[C@]6(C)[C@@H]5CC=C5[C@@H]7CC(C)(C)[C@H](O)[C@@H](O)[C@]7(C)CC[C@]56C)[C@@]4(C)CO)O[C@H](C(=O)O)[C@@H](O)[C@@H]3O)O[C@H](CO)[C@H](O)[C@@H]2O)[C@H](O)[C@H](O)[C@H]1O. The molecule has 26 atom stereocenters. The number of carboxylic acid groups (broad SMARTS) is 1. The van der Waals surface area contributed by atoms with E-state index in [9.17, 15) is 66.1 Å². The third-order valence-electron chi connectivity index (χ3n) is 19.7. The molecule has 0 spiro atoms. The van der Waals surface area contributed by atoms with Gasteiger partial charge < -0.3 is 89.7 Å². The van der Waals surface area contributed by atoms with Crippen LogP contribution in [0.1, 0.15) is 107 Å². The molecule has 19 heteroatoms. The van der Waals surface area contributed by atoms with E-state index in [2.05, 4.69) is 33.8 Å². The van der Waals surface area contributed by atoms with Gasteiger partial charge in [0, 0.05) is 10.8 Å². The van der Waals surface area contributed by atoms with Crippen molar-refractivity contribution in [2.45, 2.75) is 217 Å². The zero-order chi connectivity index (χ0) is 49.3. The second-order valence-corrected chi connectivity index (χ2v) is 23.6. The van der Waals surface area contributed by atoms with Crippen LogP contribution in [0.3, 0.4) is 0 Å². The molecule has 384 valence electrons. The topological polar surface area (TPSA) is 315 Å². The summed E-state index contributed by atoms with van der Waals surface area (Å²) in [6.07, 6.45) is -20.7. The Morgan fingerprint density at radius 2 is 1.28 bits per heavy atom. The van der Waals surface area contributed by atoms with Gasteiger partial charge in [0.15, 0.2) is 25.0 Å². The smallest absolute Gasteiger partial charge is 0.335 e. The molecule has 5 aliphatic carbocycles. The average Bonchev–Trinajstić information content (AvgIpc) is 3.27. The Hall–Kier alpha value is -1.47. The number of hydrogen-bond donors (Lipinski definition) is 12. The Balaban J connectivity index is 1.08. The standard InChI is InChI=1S/C48H78O19/c1-20-27(51)29(53)33(57)40(62-20)66-35-30(54)28(52)23(18-49)63-41(35)67-36-32(56)31(55)34(39(60)61)65-42(36)64-26-12-13-45(5)24(46(26,6)19-50)11-14-48(8)25(45)10-9-21-22-17-43(2,3)37(58)38(59)44(22,4)15-16-47(21,48)7/h9,20,22-38,40-42,49-59H,10-19H2,1-8H3,(H,60,61)/t20-,22-,23+,24+,25+,26-,27-,28-,29+,30-,31-,32-,33+,34-,35+,36+,37+,38+,40-,41-,42+,44+,45-,46+,47+,48+/m0/s1. The van der Waals surface area contributed by atoms with Crippen molar-refractivity contribution in [2.24, 2.45) is 50.2 Å². The lowest BCUT2D eigenvalue weighted by Gasteiger charge is -2.72. The molecule has 0 aromatic rings. The van der Waals surface area contributed by atoms with E-state index < -0.39 is 139 Å².